The van der Waals surface area contributed by atoms with E-state index in [9.17, 15) is 18.3 Å². The molecule has 146 valence electrons. The van der Waals surface area contributed by atoms with E-state index in [1.807, 2.05) is 0 Å². The maximum absolute atomic E-state index is 13.3. The molecule has 2 N–H and O–H groups in total. The summed E-state index contributed by atoms with van der Waals surface area (Å²) < 4.78 is 39.8. The molecule has 3 rings (SSSR count). The monoisotopic (exact) mass is 408 g/mol. The van der Waals surface area contributed by atoms with E-state index in [1.165, 1.54) is 31.5 Å². The number of alkyl halides is 3. The van der Waals surface area contributed by atoms with Gasteiger partial charge in [-0.3, -0.25) is 4.98 Å². The molecule has 28 heavy (non-hydrogen) atoms. The molecule has 2 aromatic heterocycles. The fourth-order valence-corrected chi connectivity index (χ4v) is 2.91. The number of benzene rings is 1. The summed E-state index contributed by atoms with van der Waals surface area (Å²) >= 11 is 6.11. The van der Waals surface area contributed by atoms with Crippen molar-refractivity contribution in [1.82, 2.24) is 15.0 Å². The lowest BCUT2D eigenvalue weighted by Crippen LogP contribution is -2.31. The van der Waals surface area contributed by atoms with Crippen molar-refractivity contribution in [3.63, 3.8) is 0 Å². The smallest absolute Gasteiger partial charge is 0.384 e. The lowest BCUT2D eigenvalue weighted by Gasteiger charge is -2.25. The Bertz CT molecular complexity index is 965. The maximum Gasteiger partial charge on any atom is 0.433 e. The van der Waals surface area contributed by atoms with Crippen LogP contribution < -0.4 is 5.32 Å². The highest BCUT2D eigenvalue weighted by atomic mass is 35.5. The molecule has 0 spiro atoms. The topological polar surface area (TPSA) is 70.9 Å². The van der Waals surface area contributed by atoms with Gasteiger partial charge in [-0.15, -0.1) is 0 Å². The van der Waals surface area contributed by atoms with Crippen molar-refractivity contribution in [2.24, 2.45) is 0 Å². The fourth-order valence-electron chi connectivity index (χ4n) is 2.57. The number of halogens is 4. The summed E-state index contributed by atoms with van der Waals surface area (Å²) in [6, 6.07) is 10.5. The van der Waals surface area contributed by atoms with Gasteiger partial charge in [0.2, 0.25) is 0 Å². The zero-order valence-corrected chi connectivity index (χ0v) is 15.5. The normalized spacial score (nSPS) is 13.8. The minimum atomic E-state index is -4.65. The fraction of sp³-hybridized carbons (Fsp3) is 0.211. The average molecular weight is 409 g/mol. The second kappa shape index (κ2) is 7.73. The van der Waals surface area contributed by atoms with Crippen molar-refractivity contribution in [3.05, 3.63) is 71.1 Å². The van der Waals surface area contributed by atoms with Crippen LogP contribution in [0.15, 0.2) is 54.9 Å². The molecule has 0 aliphatic rings. The summed E-state index contributed by atoms with van der Waals surface area (Å²) in [6.07, 6.45) is -1.77. The van der Waals surface area contributed by atoms with Crippen LogP contribution in [0, 0.1) is 0 Å². The Labute approximate surface area is 164 Å². The van der Waals surface area contributed by atoms with Crippen LogP contribution in [0.3, 0.4) is 0 Å². The van der Waals surface area contributed by atoms with Crippen molar-refractivity contribution in [1.29, 1.82) is 0 Å². The van der Waals surface area contributed by atoms with Crippen molar-refractivity contribution in [2.45, 2.75) is 18.7 Å². The molecule has 1 aromatic carbocycles. The molecule has 0 fully saturated rings. The van der Waals surface area contributed by atoms with Crippen LogP contribution in [0.5, 0.6) is 0 Å². The van der Waals surface area contributed by atoms with E-state index in [0.29, 0.717) is 16.1 Å². The molecule has 0 radical (unpaired) electrons. The summed E-state index contributed by atoms with van der Waals surface area (Å²) in [4.78, 5) is 11.6. The zero-order valence-electron chi connectivity index (χ0n) is 14.7. The minimum Gasteiger partial charge on any atom is -0.384 e. The van der Waals surface area contributed by atoms with Gasteiger partial charge in [-0.05, 0) is 25.1 Å². The number of pyridine rings is 1. The molecule has 2 heterocycles. The molecule has 3 aromatic rings. The molecule has 1 atom stereocenters. The van der Waals surface area contributed by atoms with Gasteiger partial charge in [0, 0.05) is 41.2 Å². The number of rotatable bonds is 5. The number of nitrogens with one attached hydrogen (secondary N) is 1. The van der Waals surface area contributed by atoms with Crippen LogP contribution in [0.1, 0.15) is 18.2 Å². The summed E-state index contributed by atoms with van der Waals surface area (Å²) in [5.74, 6) is -0.168. The van der Waals surface area contributed by atoms with Gasteiger partial charge in [-0.1, -0.05) is 29.8 Å². The predicted molar refractivity (Wildman–Crippen MR) is 99.8 cm³/mol. The van der Waals surface area contributed by atoms with Crippen molar-refractivity contribution in [3.8, 4) is 11.4 Å². The number of aliphatic hydroxyl groups is 1. The molecule has 9 heteroatoms. The van der Waals surface area contributed by atoms with Crippen LogP contribution in [0.25, 0.3) is 11.4 Å². The first-order chi connectivity index (χ1) is 13.2. The number of anilines is 1. The van der Waals surface area contributed by atoms with Gasteiger partial charge < -0.3 is 10.4 Å². The Morgan fingerprint density at radius 3 is 2.39 bits per heavy atom. The Hall–Kier alpha value is -2.71. The van der Waals surface area contributed by atoms with Crippen molar-refractivity contribution >= 4 is 17.4 Å². The molecular weight excluding hydrogens is 393 g/mol. The molecule has 0 bridgehead atoms. The first-order valence-corrected chi connectivity index (χ1v) is 8.62. The minimum absolute atomic E-state index is 0.0681. The molecule has 0 aliphatic carbocycles. The number of hydrogen-bond acceptors (Lipinski definition) is 5. The first kappa shape index (κ1) is 20.0. The van der Waals surface area contributed by atoms with Gasteiger partial charge in [0.25, 0.3) is 0 Å². The quantitative estimate of drug-likeness (QED) is 0.649. The lowest BCUT2D eigenvalue weighted by atomic mass is 9.96. The summed E-state index contributed by atoms with van der Waals surface area (Å²) in [5, 5.41) is 13.8. The molecular formula is C19H16ClF3N4O. The van der Waals surface area contributed by atoms with E-state index in [0.717, 1.165) is 6.07 Å². The molecule has 1 unspecified atom stereocenters. The molecule has 0 amide bonds. The van der Waals surface area contributed by atoms with Crippen molar-refractivity contribution in [2.75, 3.05) is 11.9 Å². The standard InChI is InChI=1S/C19H16ClF3N4O/c1-18(28,13-4-2-3-5-14(13)20)11-25-16-10-15(19(21,22)23)26-17(27-16)12-6-8-24-9-7-12/h2-10,28H,11H2,1H3,(H,25,26,27). The van der Waals surface area contributed by atoms with E-state index in [4.69, 9.17) is 11.6 Å². The average Bonchev–Trinajstić information content (AvgIpc) is 2.66. The molecule has 0 aliphatic heterocycles. The molecule has 0 saturated heterocycles. The summed E-state index contributed by atoms with van der Waals surface area (Å²) in [6.45, 7) is 1.40. The van der Waals surface area contributed by atoms with Crippen molar-refractivity contribution < 1.29 is 18.3 Å². The van der Waals surface area contributed by atoms with Crippen LogP contribution in [0.4, 0.5) is 19.0 Å². The SMILES string of the molecule is CC(O)(CNc1cc(C(F)(F)F)nc(-c2ccncc2)n1)c1ccccc1Cl. The number of nitrogens with zero attached hydrogens (tertiary/aromatic N) is 3. The zero-order chi connectivity index (χ0) is 20.4. The molecule has 5 nitrogen and oxygen atoms in total. The lowest BCUT2D eigenvalue weighted by molar-refractivity contribution is -0.141. The molecule has 0 saturated carbocycles. The summed E-state index contributed by atoms with van der Waals surface area (Å²) in [5.41, 5.74) is -1.68. The third-order valence-electron chi connectivity index (χ3n) is 4.02. The maximum atomic E-state index is 13.3. The third kappa shape index (κ3) is 4.58. The second-order valence-electron chi connectivity index (χ2n) is 6.30. The first-order valence-electron chi connectivity index (χ1n) is 8.25. The van der Waals surface area contributed by atoms with Gasteiger partial charge in [0.15, 0.2) is 11.5 Å². The Morgan fingerprint density at radius 2 is 1.75 bits per heavy atom. The Morgan fingerprint density at radius 1 is 1.07 bits per heavy atom. The van der Waals surface area contributed by atoms with Gasteiger partial charge in [0.1, 0.15) is 11.4 Å². The van der Waals surface area contributed by atoms with Gasteiger partial charge in [0.05, 0.1) is 0 Å². The highest BCUT2D eigenvalue weighted by Crippen LogP contribution is 2.32. The van der Waals surface area contributed by atoms with Gasteiger partial charge >= 0.3 is 6.18 Å². The third-order valence-corrected chi connectivity index (χ3v) is 4.35. The Kier molecular flexibility index (Phi) is 5.53. The predicted octanol–water partition coefficient (Wildman–Crippen LogP) is 4.53. The van der Waals surface area contributed by atoms with Crippen LogP contribution in [0.2, 0.25) is 5.02 Å². The van der Waals surface area contributed by atoms with Crippen LogP contribution in [-0.2, 0) is 11.8 Å². The van der Waals surface area contributed by atoms with E-state index >= 15 is 0 Å². The largest absolute Gasteiger partial charge is 0.433 e. The van der Waals surface area contributed by atoms with E-state index < -0.39 is 17.5 Å². The van der Waals surface area contributed by atoms with Crippen LogP contribution in [-0.4, -0.2) is 26.6 Å². The van der Waals surface area contributed by atoms with Crippen LogP contribution >= 0.6 is 11.6 Å². The Balaban J connectivity index is 1.92. The number of hydrogen-bond donors (Lipinski definition) is 2. The second-order valence-corrected chi connectivity index (χ2v) is 6.71. The number of aromatic nitrogens is 3. The van der Waals surface area contributed by atoms with E-state index in [-0.39, 0.29) is 18.2 Å². The van der Waals surface area contributed by atoms with E-state index in [1.54, 1.807) is 24.3 Å². The van der Waals surface area contributed by atoms with Gasteiger partial charge in [-0.25, -0.2) is 9.97 Å². The van der Waals surface area contributed by atoms with E-state index in [2.05, 4.69) is 20.3 Å². The highest BCUT2D eigenvalue weighted by molar-refractivity contribution is 6.31. The van der Waals surface area contributed by atoms with Gasteiger partial charge in [-0.2, -0.15) is 13.2 Å². The summed E-state index contributed by atoms with van der Waals surface area (Å²) in [7, 11) is 0. The highest BCUT2D eigenvalue weighted by Gasteiger charge is 2.34.